The topological polar surface area (TPSA) is 38.7 Å². The second-order valence-electron chi connectivity index (χ2n) is 2.64. The molecule has 0 aliphatic carbocycles. The first kappa shape index (κ1) is 11.7. The molecule has 1 unspecified atom stereocenters. The first-order valence-corrected chi connectivity index (χ1v) is 6.74. The van der Waals surface area contributed by atoms with Gasteiger partial charge in [-0.25, -0.2) is 0 Å². The van der Waals surface area contributed by atoms with E-state index in [4.69, 9.17) is 14.3 Å². The molecule has 0 heterocycles. The van der Waals surface area contributed by atoms with Crippen molar-refractivity contribution in [1.29, 1.82) is 0 Å². The van der Waals surface area contributed by atoms with Crippen LogP contribution in [0.5, 0.6) is 0 Å². The molecule has 0 rings (SSSR count). The van der Waals surface area contributed by atoms with Gasteiger partial charge in [0, 0.05) is 6.61 Å². The van der Waals surface area contributed by atoms with E-state index in [1.54, 1.807) is 0 Å². The highest BCUT2D eigenvalue weighted by molar-refractivity contribution is 6.48. The van der Waals surface area contributed by atoms with Crippen molar-refractivity contribution in [3.05, 3.63) is 12.8 Å². The van der Waals surface area contributed by atoms with Gasteiger partial charge < -0.3 is 14.3 Å². The van der Waals surface area contributed by atoms with E-state index in [1.165, 1.54) is 6.26 Å². The van der Waals surface area contributed by atoms with Crippen molar-refractivity contribution in [2.24, 2.45) is 0 Å². The summed E-state index contributed by atoms with van der Waals surface area (Å²) < 4.78 is 10.1. The zero-order valence-corrected chi connectivity index (χ0v) is 8.82. The van der Waals surface area contributed by atoms with Crippen LogP contribution >= 0.6 is 0 Å². The molecule has 1 atom stereocenters. The molecule has 0 aliphatic heterocycles. The van der Waals surface area contributed by atoms with E-state index in [2.05, 4.69) is 6.58 Å². The van der Waals surface area contributed by atoms with Gasteiger partial charge in [0.25, 0.3) is 0 Å². The van der Waals surface area contributed by atoms with Gasteiger partial charge in [0.2, 0.25) is 0 Å². The molecule has 0 aliphatic rings. The molecule has 0 fully saturated rings. The van der Waals surface area contributed by atoms with Gasteiger partial charge in [-0.3, -0.25) is 0 Å². The second kappa shape index (κ2) is 8.77. The van der Waals surface area contributed by atoms with Crippen LogP contribution in [-0.4, -0.2) is 33.7 Å². The predicted octanol–water partition coefficient (Wildman–Crippen LogP) is 0.899. The quantitative estimate of drug-likeness (QED) is 0.351. The van der Waals surface area contributed by atoms with Crippen LogP contribution in [-0.2, 0) is 9.47 Å². The van der Waals surface area contributed by atoms with Crippen LogP contribution < -0.4 is 0 Å². The Morgan fingerprint density at radius 2 is 2.17 bits per heavy atom. The average Bonchev–Trinajstić information content (AvgIpc) is 2.02. The van der Waals surface area contributed by atoms with Gasteiger partial charge in [-0.05, 0) is 19.0 Å². The van der Waals surface area contributed by atoms with Crippen molar-refractivity contribution >= 4 is 9.04 Å². The minimum atomic E-state index is -1.36. The standard InChI is InChI=1S/C8H18O3Si/c1-3-10-6-7-11-5-4-8-12(2)9/h3,9,12H,1,4-8H2,2H3. The summed E-state index contributed by atoms with van der Waals surface area (Å²) in [6.45, 7) is 7.22. The Balaban J connectivity index is 2.86. The maximum Gasteiger partial charge on any atom is 0.169 e. The summed E-state index contributed by atoms with van der Waals surface area (Å²) in [7, 11) is -1.36. The van der Waals surface area contributed by atoms with Crippen molar-refractivity contribution in [3.63, 3.8) is 0 Å². The summed E-state index contributed by atoms with van der Waals surface area (Å²) in [6.07, 6.45) is 2.37. The molecule has 0 radical (unpaired) electrons. The van der Waals surface area contributed by atoms with Crippen LogP contribution in [0.25, 0.3) is 0 Å². The molecule has 1 N–H and O–H groups in total. The predicted molar refractivity (Wildman–Crippen MR) is 51.6 cm³/mol. The zero-order chi connectivity index (χ0) is 9.23. The lowest BCUT2D eigenvalue weighted by molar-refractivity contribution is 0.0853. The lowest BCUT2D eigenvalue weighted by Crippen LogP contribution is -2.08. The third-order valence-corrected chi connectivity index (χ3v) is 2.62. The van der Waals surface area contributed by atoms with Gasteiger partial charge in [-0.15, -0.1) is 0 Å². The summed E-state index contributed by atoms with van der Waals surface area (Å²) in [6, 6.07) is 0.933. The Morgan fingerprint density at radius 1 is 1.42 bits per heavy atom. The molecular weight excluding hydrogens is 172 g/mol. The number of rotatable bonds is 8. The molecule has 3 nitrogen and oxygen atoms in total. The minimum absolute atomic E-state index is 0.565. The molecule has 12 heavy (non-hydrogen) atoms. The van der Waals surface area contributed by atoms with Gasteiger partial charge >= 0.3 is 0 Å². The van der Waals surface area contributed by atoms with E-state index >= 15 is 0 Å². The fourth-order valence-electron chi connectivity index (χ4n) is 0.773. The van der Waals surface area contributed by atoms with E-state index in [0.29, 0.717) is 13.2 Å². The number of hydrogen-bond acceptors (Lipinski definition) is 3. The Labute approximate surface area is 75.7 Å². The third-order valence-electron chi connectivity index (χ3n) is 1.37. The Morgan fingerprint density at radius 3 is 2.75 bits per heavy atom. The van der Waals surface area contributed by atoms with Gasteiger partial charge in [0.15, 0.2) is 9.04 Å². The largest absolute Gasteiger partial charge is 0.499 e. The lowest BCUT2D eigenvalue weighted by atomic mass is 10.5. The van der Waals surface area contributed by atoms with Gasteiger partial charge in [0.05, 0.1) is 12.9 Å². The highest BCUT2D eigenvalue weighted by atomic mass is 28.3. The number of hydrogen-bond donors (Lipinski definition) is 1. The third kappa shape index (κ3) is 9.68. The van der Waals surface area contributed by atoms with Crippen LogP contribution in [0, 0.1) is 0 Å². The molecule has 0 aromatic carbocycles. The molecule has 0 amide bonds. The van der Waals surface area contributed by atoms with Crippen molar-refractivity contribution in [3.8, 4) is 0 Å². The normalized spacial score (nSPS) is 12.5. The first-order chi connectivity index (χ1) is 5.77. The Bertz CT molecular complexity index is 106. The fraction of sp³-hybridized carbons (Fsp3) is 0.750. The van der Waals surface area contributed by atoms with Gasteiger partial charge in [0.1, 0.15) is 6.61 Å². The summed E-state index contributed by atoms with van der Waals surface area (Å²) in [5, 5.41) is 0. The van der Waals surface area contributed by atoms with Gasteiger partial charge in [-0.1, -0.05) is 6.58 Å². The molecule has 0 aromatic rings. The van der Waals surface area contributed by atoms with Crippen molar-refractivity contribution in [1.82, 2.24) is 0 Å². The summed E-state index contributed by atoms with van der Waals surface area (Å²) in [5.74, 6) is 0. The van der Waals surface area contributed by atoms with Crippen molar-refractivity contribution in [2.45, 2.75) is 19.0 Å². The second-order valence-corrected chi connectivity index (χ2v) is 4.92. The van der Waals surface area contributed by atoms with E-state index in [9.17, 15) is 0 Å². The fourth-order valence-corrected chi connectivity index (χ4v) is 1.53. The molecule has 0 spiro atoms. The van der Waals surface area contributed by atoms with E-state index in [1.807, 2.05) is 6.55 Å². The Hall–Kier alpha value is -0.323. The molecule has 72 valence electrons. The Kier molecular flexibility index (Phi) is 8.53. The van der Waals surface area contributed by atoms with Crippen molar-refractivity contribution in [2.75, 3.05) is 19.8 Å². The first-order valence-electron chi connectivity index (χ1n) is 4.25. The monoisotopic (exact) mass is 190 g/mol. The van der Waals surface area contributed by atoms with Gasteiger partial charge in [-0.2, -0.15) is 0 Å². The number of ether oxygens (including phenoxy) is 2. The zero-order valence-electron chi connectivity index (χ0n) is 7.66. The summed E-state index contributed by atoms with van der Waals surface area (Å²) in [4.78, 5) is 9.04. The maximum atomic E-state index is 9.04. The van der Waals surface area contributed by atoms with Crippen molar-refractivity contribution < 1.29 is 14.3 Å². The van der Waals surface area contributed by atoms with E-state index in [-0.39, 0.29) is 0 Å². The van der Waals surface area contributed by atoms with Crippen LogP contribution in [0.1, 0.15) is 6.42 Å². The van der Waals surface area contributed by atoms with Crippen LogP contribution in [0.15, 0.2) is 12.8 Å². The highest BCUT2D eigenvalue weighted by Gasteiger charge is 1.97. The van der Waals surface area contributed by atoms with E-state index < -0.39 is 9.04 Å². The molecular formula is C8H18O3Si. The SMILES string of the molecule is C=COCCOCCC[SiH](C)O. The summed E-state index contributed by atoms with van der Waals surface area (Å²) >= 11 is 0. The van der Waals surface area contributed by atoms with Crippen LogP contribution in [0.4, 0.5) is 0 Å². The molecule has 0 saturated carbocycles. The minimum Gasteiger partial charge on any atom is -0.499 e. The smallest absolute Gasteiger partial charge is 0.169 e. The highest BCUT2D eigenvalue weighted by Crippen LogP contribution is 1.94. The maximum absolute atomic E-state index is 9.04. The molecule has 0 aromatic heterocycles. The van der Waals surface area contributed by atoms with E-state index in [0.717, 1.165) is 19.1 Å². The lowest BCUT2D eigenvalue weighted by Gasteiger charge is -2.04. The average molecular weight is 190 g/mol. The molecule has 4 heteroatoms. The summed E-state index contributed by atoms with van der Waals surface area (Å²) in [5.41, 5.74) is 0. The molecule has 0 saturated heterocycles. The molecule has 0 bridgehead atoms. The van der Waals surface area contributed by atoms with Crippen LogP contribution in [0.2, 0.25) is 12.6 Å². The van der Waals surface area contributed by atoms with Crippen LogP contribution in [0.3, 0.4) is 0 Å².